The highest BCUT2D eigenvalue weighted by atomic mass is 32.3. The van der Waals surface area contributed by atoms with Crippen LogP contribution in [0.5, 0.6) is 0 Å². The van der Waals surface area contributed by atoms with Gasteiger partial charge in [0.15, 0.2) is 10.8 Å². The number of ketones is 2. The highest BCUT2D eigenvalue weighted by Crippen LogP contribution is 2.22. The van der Waals surface area contributed by atoms with Gasteiger partial charge >= 0.3 is 10.4 Å². The zero-order valence-corrected chi connectivity index (χ0v) is 18.4. The fraction of sp³-hybridized carbons (Fsp3) is 0.467. The van der Waals surface area contributed by atoms with Crippen LogP contribution in [0.1, 0.15) is 19.0 Å². The molecule has 2 amide bonds. The number of thiazole rings is 1. The summed E-state index contributed by atoms with van der Waals surface area (Å²) in [5.74, 6) is -3.32. The number of nitrogens with one attached hydrogen (secondary N) is 1. The average molecular weight is 506 g/mol. The minimum atomic E-state index is -4.94. The van der Waals surface area contributed by atoms with E-state index in [1.165, 1.54) is 12.3 Å². The number of aromatic nitrogens is 1. The fourth-order valence-corrected chi connectivity index (χ4v) is 3.89. The smallest absolute Gasteiger partial charge is 0.393 e. The normalized spacial score (nSPS) is 24.6. The molecule has 33 heavy (non-hydrogen) atoms. The molecule has 1 unspecified atom stereocenters. The standard InChI is InChI=1S/C15H18N6O10S2/c1-6-11(14(25)21(6)31-33(27,28)29)18-13(24)12(8-5-32-15(16)17-8)19-30-4-7-2-9(22)10(23)3-20(7)26/h5-7,11,26H,2-4H2,1H3,(H2,16,17)(H,18,24)(H,27,28,29)/t6-,7?,11-/m0/s1. The first-order valence-corrected chi connectivity index (χ1v) is 11.4. The van der Waals surface area contributed by atoms with Crippen molar-refractivity contribution < 1.29 is 46.5 Å². The first-order valence-electron chi connectivity index (χ1n) is 9.11. The second kappa shape index (κ2) is 9.45. The third kappa shape index (κ3) is 5.67. The van der Waals surface area contributed by atoms with Crippen molar-refractivity contribution >= 4 is 56.0 Å². The SMILES string of the molecule is C[C@H]1[C@H](NC(=O)C(=NOCC2CC(=O)C(=O)CN2O)c2csc(N)n2)C(=O)N1OS(=O)(=O)O. The van der Waals surface area contributed by atoms with E-state index < -0.39 is 64.2 Å². The molecule has 1 aromatic rings. The van der Waals surface area contributed by atoms with Crippen LogP contribution >= 0.6 is 11.3 Å². The first kappa shape index (κ1) is 24.6. The maximum atomic E-state index is 12.7. The summed E-state index contributed by atoms with van der Waals surface area (Å²) in [7, 11) is -4.94. The summed E-state index contributed by atoms with van der Waals surface area (Å²) in [6.45, 7) is 0.486. The summed E-state index contributed by atoms with van der Waals surface area (Å²) < 4.78 is 34.4. The highest BCUT2D eigenvalue weighted by molar-refractivity contribution is 7.80. The molecule has 3 rings (SSSR count). The second-order valence-corrected chi connectivity index (χ2v) is 8.86. The lowest BCUT2D eigenvalue weighted by Crippen LogP contribution is -2.70. The largest absolute Gasteiger partial charge is 0.418 e. The van der Waals surface area contributed by atoms with Gasteiger partial charge in [-0.15, -0.1) is 15.6 Å². The van der Waals surface area contributed by atoms with E-state index in [2.05, 4.69) is 19.7 Å². The number of nitrogens with zero attached hydrogens (tertiary/aromatic N) is 4. The topological polar surface area (TPSA) is 231 Å². The molecular weight excluding hydrogens is 488 g/mol. The molecule has 0 radical (unpaired) electrons. The molecule has 180 valence electrons. The molecule has 1 aromatic heterocycles. The van der Waals surface area contributed by atoms with Crippen LogP contribution in [-0.2, 0) is 38.7 Å². The van der Waals surface area contributed by atoms with Crippen LogP contribution < -0.4 is 11.1 Å². The number of β-lactam (4-membered cyclic amide) rings is 1. The van der Waals surface area contributed by atoms with Gasteiger partial charge in [0.1, 0.15) is 18.3 Å². The van der Waals surface area contributed by atoms with E-state index in [0.717, 1.165) is 11.3 Å². The Morgan fingerprint density at radius 2 is 2.09 bits per heavy atom. The van der Waals surface area contributed by atoms with Crippen LogP contribution in [0, 0.1) is 0 Å². The molecule has 3 heterocycles. The lowest BCUT2D eigenvalue weighted by atomic mass is 10.00. The van der Waals surface area contributed by atoms with E-state index in [1.54, 1.807) is 0 Å². The van der Waals surface area contributed by atoms with E-state index in [0.29, 0.717) is 10.1 Å². The van der Waals surface area contributed by atoms with Gasteiger partial charge in [-0.2, -0.15) is 18.5 Å². The van der Waals surface area contributed by atoms with Gasteiger partial charge in [-0.3, -0.25) is 23.7 Å². The molecule has 18 heteroatoms. The maximum Gasteiger partial charge on any atom is 0.418 e. The lowest BCUT2D eigenvalue weighted by Gasteiger charge is -2.42. The van der Waals surface area contributed by atoms with Crippen molar-refractivity contribution in [2.75, 3.05) is 18.9 Å². The number of piperidine rings is 1. The van der Waals surface area contributed by atoms with E-state index in [4.69, 9.17) is 15.1 Å². The van der Waals surface area contributed by atoms with E-state index in [9.17, 15) is 32.8 Å². The number of Topliss-reactive ketones (excluding diaryl/α,β-unsaturated/α-hetero) is 2. The number of amides is 2. The molecule has 2 aliphatic rings. The maximum absolute atomic E-state index is 12.7. The summed E-state index contributed by atoms with van der Waals surface area (Å²) in [6.07, 6.45) is -0.312. The molecule has 2 fully saturated rings. The molecule has 0 aliphatic carbocycles. The Balaban J connectivity index is 1.69. The molecule has 5 N–H and O–H groups in total. The summed E-state index contributed by atoms with van der Waals surface area (Å²) in [4.78, 5) is 56.7. The van der Waals surface area contributed by atoms with Crippen molar-refractivity contribution in [1.29, 1.82) is 0 Å². The van der Waals surface area contributed by atoms with Crippen molar-refractivity contribution in [1.82, 2.24) is 20.4 Å². The minimum Gasteiger partial charge on any atom is -0.393 e. The van der Waals surface area contributed by atoms with E-state index in [1.807, 2.05) is 0 Å². The van der Waals surface area contributed by atoms with Crippen molar-refractivity contribution in [2.24, 2.45) is 5.16 Å². The van der Waals surface area contributed by atoms with Gasteiger partial charge in [-0.1, -0.05) is 5.16 Å². The van der Waals surface area contributed by atoms with Crippen LogP contribution in [0.2, 0.25) is 0 Å². The molecular formula is C15H18N6O10S2. The monoisotopic (exact) mass is 506 g/mol. The van der Waals surface area contributed by atoms with Gasteiger partial charge in [-0.05, 0) is 6.92 Å². The number of carbonyl (C=O) groups excluding carboxylic acids is 4. The van der Waals surface area contributed by atoms with Crippen molar-refractivity contribution in [3.05, 3.63) is 11.1 Å². The summed E-state index contributed by atoms with van der Waals surface area (Å²) in [5, 5.41) is 18.3. The van der Waals surface area contributed by atoms with Gasteiger partial charge in [0, 0.05) is 11.8 Å². The first-order chi connectivity index (χ1) is 15.4. The number of rotatable bonds is 8. The van der Waals surface area contributed by atoms with Gasteiger partial charge in [-0.25, -0.2) is 4.98 Å². The molecule has 0 aromatic carbocycles. The minimum absolute atomic E-state index is 0.00350. The van der Waals surface area contributed by atoms with Crippen LogP contribution in [0.4, 0.5) is 5.13 Å². The number of hydrogen-bond donors (Lipinski definition) is 4. The van der Waals surface area contributed by atoms with Crippen LogP contribution in [0.3, 0.4) is 0 Å². The Morgan fingerprint density at radius 1 is 1.39 bits per heavy atom. The Morgan fingerprint density at radius 3 is 2.67 bits per heavy atom. The number of oxime groups is 1. The van der Waals surface area contributed by atoms with Crippen molar-refractivity contribution in [3.8, 4) is 0 Å². The zero-order valence-electron chi connectivity index (χ0n) is 16.8. The Bertz CT molecular complexity index is 1120. The predicted octanol–water partition coefficient (Wildman–Crippen LogP) is -2.50. The van der Waals surface area contributed by atoms with Crippen LogP contribution in [0.15, 0.2) is 10.5 Å². The molecule has 0 bridgehead atoms. The van der Waals surface area contributed by atoms with Crippen LogP contribution in [-0.4, -0.2) is 93.7 Å². The molecule has 0 spiro atoms. The quantitative estimate of drug-likeness (QED) is 0.0939. The molecule has 2 saturated heterocycles. The predicted molar refractivity (Wildman–Crippen MR) is 107 cm³/mol. The second-order valence-electron chi connectivity index (χ2n) is 6.97. The van der Waals surface area contributed by atoms with Crippen molar-refractivity contribution in [2.45, 2.75) is 31.5 Å². The number of hydrogen-bond acceptors (Lipinski definition) is 14. The van der Waals surface area contributed by atoms with Crippen molar-refractivity contribution in [3.63, 3.8) is 0 Å². The molecule has 16 nitrogen and oxygen atoms in total. The molecule has 2 aliphatic heterocycles. The van der Waals surface area contributed by atoms with Gasteiger partial charge in [0.25, 0.3) is 11.8 Å². The Hall–Kier alpha value is -3.03. The van der Waals surface area contributed by atoms with Gasteiger partial charge in [0.05, 0.1) is 18.6 Å². The Kier molecular flexibility index (Phi) is 7.05. The summed E-state index contributed by atoms with van der Waals surface area (Å²) >= 11 is 0.989. The number of nitrogen functional groups attached to an aromatic ring is 1. The van der Waals surface area contributed by atoms with Gasteiger partial charge < -0.3 is 21.1 Å². The number of anilines is 1. The number of nitrogens with two attached hydrogens (primary N) is 1. The number of carbonyl (C=O) groups is 4. The summed E-state index contributed by atoms with van der Waals surface area (Å²) in [6, 6.07) is -3.06. The van der Waals surface area contributed by atoms with Gasteiger partial charge in [0.2, 0.25) is 11.6 Å². The lowest BCUT2D eigenvalue weighted by molar-refractivity contribution is -0.196. The zero-order chi connectivity index (χ0) is 24.5. The third-order valence-electron chi connectivity index (χ3n) is 4.66. The van der Waals surface area contributed by atoms with E-state index in [-0.39, 0.29) is 23.9 Å². The summed E-state index contributed by atoms with van der Waals surface area (Å²) in [5.41, 5.74) is 5.17. The fourth-order valence-electron chi connectivity index (χ4n) is 2.93. The van der Waals surface area contributed by atoms with Crippen LogP contribution in [0.25, 0.3) is 0 Å². The molecule has 3 atom stereocenters. The number of hydroxylamine groups is 4. The average Bonchev–Trinajstić information content (AvgIpc) is 3.16. The highest BCUT2D eigenvalue weighted by Gasteiger charge is 2.49. The molecule has 0 saturated carbocycles. The third-order valence-corrected chi connectivity index (χ3v) is 5.68. The Labute approximate surface area is 189 Å². The van der Waals surface area contributed by atoms with E-state index >= 15 is 0 Å².